The van der Waals surface area contributed by atoms with Crippen LogP contribution in [-0.4, -0.2) is 74.7 Å². The maximum absolute atomic E-state index is 12.2. The van der Waals surface area contributed by atoms with Crippen LogP contribution >= 0.6 is 0 Å². The molecule has 98 valence electrons. The minimum atomic E-state index is -0.372. The van der Waals surface area contributed by atoms with Gasteiger partial charge in [0.25, 0.3) is 0 Å². The van der Waals surface area contributed by atoms with Crippen molar-refractivity contribution >= 4 is 5.97 Å². The number of piperazine rings is 1. The molecule has 2 rings (SSSR count). The molecule has 0 aliphatic carbocycles. The Kier molecular flexibility index (Phi) is 4.01. The van der Waals surface area contributed by atoms with E-state index in [2.05, 4.69) is 22.2 Å². The molecule has 0 bridgehead atoms. The average molecular weight is 241 g/mol. The zero-order chi connectivity index (χ0) is 12.3. The summed E-state index contributed by atoms with van der Waals surface area (Å²) >= 11 is 0. The molecule has 0 radical (unpaired) electrons. The number of carbonyl (C=O) groups is 1. The first-order valence-electron chi connectivity index (χ1n) is 6.42. The predicted molar refractivity (Wildman–Crippen MR) is 65.9 cm³/mol. The first kappa shape index (κ1) is 12.8. The van der Waals surface area contributed by atoms with E-state index in [4.69, 9.17) is 4.74 Å². The van der Waals surface area contributed by atoms with Crippen molar-refractivity contribution in [1.82, 2.24) is 15.1 Å². The zero-order valence-electron chi connectivity index (χ0n) is 10.9. The van der Waals surface area contributed by atoms with Gasteiger partial charge in [0.1, 0.15) is 5.54 Å². The molecular formula is C12H23N3O2. The highest BCUT2D eigenvalue weighted by Gasteiger charge is 2.46. The van der Waals surface area contributed by atoms with E-state index >= 15 is 0 Å². The van der Waals surface area contributed by atoms with Gasteiger partial charge in [-0.25, -0.2) is 0 Å². The third-order valence-corrected chi connectivity index (χ3v) is 4.10. The van der Waals surface area contributed by atoms with E-state index in [0.29, 0.717) is 0 Å². The molecule has 0 spiro atoms. The number of rotatable bonds is 2. The van der Waals surface area contributed by atoms with Crippen molar-refractivity contribution in [1.29, 1.82) is 0 Å². The molecule has 2 saturated heterocycles. The molecule has 5 nitrogen and oxygen atoms in total. The normalized spacial score (nSPS) is 26.7. The summed E-state index contributed by atoms with van der Waals surface area (Å²) < 4.78 is 5.06. The Bertz CT molecular complexity index is 269. The molecular weight excluding hydrogens is 218 g/mol. The van der Waals surface area contributed by atoms with Gasteiger partial charge in [-0.05, 0) is 19.9 Å². The summed E-state index contributed by atoms with van der Waals surface area (Å²) in [5, 5.41) is 3.33. The Labute approximate surface area is 103 Å². The first-order chi connectivity index (χ1) is 8.19. The number of ether oxygens (including phenoxy) is 1. The highest BCUT2D eigenvalue weighted by molar-refractivity contribution is 5.81. The minimum absolute atomic E-state index is 0.0486. The number of methoxy groups -OCH3 is 1. The topological polar surface area (TPSA) is 44.8 Å². The first-order valence-corrected chi connectivity index (χ1v) is 6.42. The van der Waals surface area contributed by atoms with Crippen LogP contribution in [0.1, 0.15) is 12.8 Å². The van der Waals surface area contributed by atoms with Crippen LogP contribution in [0, 0.1) is 0 Å². The van der Waals surface area contributed by atoms with Gasteiger partial charge < -0.3 is 15.0 Å². The Morgan fingerprint density at radius 1 is 1.18 bits per heavy atom. The number of nitrogens with zero attached hydrogens (tertiary/aromatic N) is 2. The van der Waals surface area contributed by atoms with Crippen molar-refractivity contribution < 1.29 is 9.53 Å². The van der Waals surface area contributed by atoms with Crippen molar-refractivity contribution in [2.75, 3.05) is 53.4 Å². The minimum Gasteiger partial charge on any atom is -0.468 e. The number of hydrogen-bond donors (Lipinski definition) is 1. The fourth-order valence-electron chi connectivity index (χ4n) is 2.92. The molecule has 2 heterocycles. The van der Waals surface area contributed by atoms with Crippen LogP contribution in [0.5, 0.6) is 0 Å². The largest absolute Gasteiger partial charge is 0.468 e. The van der Waals surface area contributed by atoms with Crippen LogP contribution in [0.4, 0.5) is 0 Å². The van der Waals surface area contributed by atoms with Gasteiger partial charge >= 0.3 is 5.97 Å². The lowest BCUT2D eigenvalue weighted by Crippen LogP contribution is -2.63. The Balaban J connectivity index is 2.14. The standard InChI is InChI=1S/C12H23N3O2/c1-14-7-3-12(4-8-14,11(16)17-2)15-9-5-13-6-10-15/h13H,3-10H2,1-2H3. The molecule has 0 atom stereocenters. The van der Waals surface area contributed by atoms with Crippen molar-refractivity contribution in [3.8, 4) is 0 Å². The summed E-state index contributed by atoms with van der Waals surface area (Å²) in [6.07, 6.45) is 1.77. The second kappa shape index (κ2) is 5.33. The average Bonchev–Trinajstić information content (AvgIpc) is 2.40. The molecule has 0 aromatic carbocycles. The van der Waals surface area contributed by atoms with E-state index in [1.54, 1.807) is 0 Å². The maximum atomic E-state index is 12.2. The number of hydrogen-bond acceptors (Lipinski definition) is 5. The SMILES string of the molecule is COC(=O)C1(N2CCNCC2)CCN(C)CC1. The molecule has 2 aliphatic heterocycles. The van der Waals surface area contributed by atoms with Crippen LogP contribution in [0.2, 0.25) is 0 Å². The Morgan fingerprint density at radius 3 is 2.29 bits per heavy atom. The summed E-state index contributed by atoms with van der Waals surface area (Å²) in [6, 6.07) is 0. The van der Waals surface area contributed by atoms with Gasteiger partial charge in [-0.3, -0.25) is 9.69 Å². The quantitative estimate of drug-likeness (QED) is 0.662. The van der Waals surface area contributed by atoms with Crippen molar-refractivity contribution in [3.05, 3.63) is 0 Å². The van der Waals surface area contributed by atoms with Gasteiger partial charge in [0.05, 0.1) is 7.11 Å². The maximum Gasteiger partial charge on any atom is 0.326 e. The molecule has 0 unspecified atom stereocenters. The molecule has 0 aromatic rings. The molecule has 2 aliphatic rings. The molecule has 2 fully saturated rings. The number of nitrogens with one attached hydrogen (secondary N) is 1. The number of esters is 1. The van der Waals surface area contributed by atoms with Gasteiger partial charge in [-0.1, -0.05) is 0 Å². The van der Waals surface area contributed by atoms with E-state index < -0.39 is 0 Å². The summed E-state index contributed by atoms with van der Waals surface area (Å²) in [6.45, 7) is 5.76. The third-order valence-electron chi connectivity index (χ3n) is 4.10. The number of likely N-dealkylation sites (tertiary alicyclic amines) is 1. The highest BCUT2D eigenvalue weighted by atomic mass is 16.5. The zero-order valence-corrected chi connectivity index (χ0v) is 10.9. The molecule has 0 saturated carbocycles. The summed E-state index contributed by atoms with van der Waals surface area (Å²) in [5.41, 5.74) is -0.372. The van der Waals surface area contributed by atoms with Crippen LogP contribution in [0.15, 0.2) is 0 Å². The Morgan fingerprint density at radius 2 is 1.76 bits per heavy atom. The van der Waals surface area contributed by atoms with E-state index in [9.17, 15) is 4.79 Å². The van der Waals surface area contributed by atoms with Crippen molar-refractivity contribution in [2.24, 2.45) is 0 Å². The van der Waals surface area contributed by atoms with Gasteiger partial charge in [0, 0.05) is 39.3 Å². The second-order valence-corrected chi connectivity index (χ2v) is 5.06. The van der Waals surface area contributed by atoms with Crippen molar-refractivity contribution in [2.45, 2.75) is 18.4 Å². The predicted octanol–water partition coefficient (Wildman–Crippen LogP) is -0.471. The monoisotopic (exact) mass is 241 g/mol. The van der Waals surface area contributed by atoms with Gasteiger partial charge in [0.15, 0.2) is 0 Å². The van der Waals surface area contributed by atoms with Crippen molar-refractivity contribution in [3.63, 3.8) is 0 Å². The fraction of sp³-hybridized carbons (Fsp3) is 0.917. The molecule has 1 N–H and O–H groups in total. The lowest BCUT2D eigenvalue weighted by atomic mass is 9.85. The molecule has 0 amide bonds. The lowest BCUT2D eigenvalue weighted by Gasteiger charge is -2.47. The van der Waals surface area contributed by atoms with Crippen LogP contribution in [0.25, 0.3) is 0 Å². The van der Waals surface area contributed by atoms with E-state index in [1.807, 2.05) is 0 Å². The van der Waals surface area contributed by atoms with Gasteiger partial charge in [-0.15, -0.1) is 0 Å². The lowest BCUT2D eigenvalue weighted by molar-refractivity contribution is -0.159. The van der Waals surface area contributed by atoms with E-state index in [-0.39, 0.29) is 11.5 Å². The number of carbonyl (C=O) groups excluding carboxylic acids is 1. The molecule has 0 aromatic heterocycles. The summed E-state index contributed by atoms with van der Waals surface area (Å²) in [7, 11) is 3.61. The van der Waals surface area contributed by atoms with Crippen LogP contribution in [0.3, 0.4) is 0 Å². The summed E-state index contributed by atoms with van der Waals surface area (Å²) in [5.74, 6) is -0.0486. The number of piperidine rings is 1. The van der Waals surface area contributed by atoms with Gasteiger partial charge in [-0.2, -0.15) is 0 Å². The third kappa shape index (κ3) is 2.46. The van der Waals surface area contributed by atoms with Crippen LogP contribution < -0.4 is 5.32 Å². The highest BCUT2D eigenvalue weighted by Crippen LogP contribution is 2.30. The fourth-order valence-corrected chi connectivity index (χ4v) is 2.92. The second-order valence-electron chi connectivity index (χ2n) is 5.06. The van der Waals surface area contributed by atoms with Gasteiger partial charge in [0.2, 0.25) is 0 Å². The molecule has 17 heavy (non-hydrogen) atoms. The van der Waals surface area contributed by atoms with Crippen LogP contribution in [-0.2, 0) is 9.53 Å². The van der Waals surface area contributed by atoms with E-state index in [1.165, 1.54) is 7.11 Å². The smallest absolute Gasteiger partial charge is 0.326 e. The van der Waals surface area contributed by atoms with E-state index in [0.717, 1.165) is 52.1 Å². The Hall–Kier alpha value is -0.650. The molecule has 5 heteroatoms. The summed E-state index contributed by atoms with van der Waals surface area (Å²) in [4.78, 5) is 16.8.